The van der Waals surface area contributed by atoms with Gasteiger partial charge < -0.3 is 5.73 Å². The number of nitrogen functional groups attached to an aromatic ring is 1. The van der Waals surface area contributed by atoms with Crippen LogP contribution in [0.2, 0.25) is 0 Å². The summed E-state index contributed by atoms with van der Waals surface area (Å²) in [5, 5.41) is 12.1. The molecule has 0 atom stereocenters. The fraction of sp³-hybridized carbons (Fsp3) is 0.133. The fourth-order valence-corrected chi connectivity index (χ4v) is 2.64. The van der Waals surface area contributed by atoms with E-state index < -0.39 is 0 Å². The molecule has 21 heavy (non-hydrogen) atoms. The van der Waals surface area contributed by atoms with E-state index in [-0.39, 0.29) is 0 Å². The molecule has 1 aromatic heterocycles. The molecule has 0 saturated carbocycles. The number of hydrogen-bond donors (Lipinski definition) is 1. The first-order valence-electron chi connectivity index (χ1n) is 6.48. The highest BCUT2D eigenvalue weighted by Crippen LogP contribution is 2.28. The Kier molecular flexibility index (Phi) is 3.47. The molecule has 0 aliphatic rings. The van der Waals surface area contributed by atoms with Gasteiger partial charge in [-0.1, -0.05) is 22.0 Å². The van der Waals surface area contributed by atoms with Gasteiger partial charge in [0.1, 0.15) is 0 Å². The maximum atomic E-state index is 5.81. The van der Waals surface area contributed by atoms with Gasteiger partial charge in [-0.3, -0.25) is 0 Å². The van der Waals surface area contributed by atoms with Crippen molar-refractivity contribution < 1.29 is 0 Å². The zero-order valence-corrected chi connectivity index (χ0v) is 13.3. The SMILES string of the molecule is Cc1cc(N)ccc1-c1nnnn1-c1cccc(Br)c1C. The summed E-state index contributed by atoms with van der Waals surface area (Å²) >= 11 is 3.54. The molecule has 0 spiro atoms. The van der Waals surface area contributed by atoms with E-state index in [4.69, 9.17) is 5.73 Å². The molecule has 0 aliphatic carbocycles. The molecule has 0 bridgehead atoms. The molecule has 3 aromatic rings. The normalized spacial score (nSPS) is 10.8. The minimum Gasteiger partial charge on any atom is -0.399 e. The summed E-state index contributed by atoms with van der Waals surface area (Å²) in [6.07, 6.45) is 0. The van der Waals surface area contributed by atoms with Crippen LogP contribution >= 0.6 is 15.9 Å². The van der Waals surface area contributed by atoms with Crippen molar-refractivity contribution in [3.05, 3.63) is 52.0 Å². The van der Waals surface area contributed by atoms with Crippen LogP contribution in [-0.2, 0) is 0 Å². The van der Waals surface area contributed by atoms with Crippen LogP contribution in [0.1, 0.15) is 11.1 Å². The first kappa shape index (κ1) is 13.8. The lowest BCUT2D eigenvalue weighted by atomic mass is 10.1. The fourth-order valence-electron chi connectivity index (χ4n) is 2.28. The summed E-state index contributed by atoms with van der Waals surface area (Å²) in [5.41, 5.74) is 10.6. The highest BCUT2D eigenvalue weighted by Gasteiger charge is 2.15. The van der Waals surface area contributed by atoms with Crippen LogP contribution in [0.15, 0.2) is 40.9 Å². The monoisotopic (exact) mass is 343 g/mol. The Morgan fingerprint density at radius 1 is 1.14 bits per heavy atom. The standard InChI is InChI=1S/C15H14BrN5/c1-9-8-11(17)6-7-12(9)15-18-19-20-21(15)14-5-3-4-13(16)10(14)2/h3-8H,17H2,1-2H3. The van der Waals surface area contributed by atoms with Crippen LogP contribution in [0, 0.1) is 13.8 Å². The topological polar surface area (TPSA) is 69.6 Å². The molecule has 2 N–H and O–H groups in total. The molecule has 0 saturated heterocycles. The number of aryl methyl sites for hydroxylation is 1. The molecule has 2 aromatic carbocycles. The first-order chi connectivity index (χ1) is 10.1. The molecule has 0 unspecified atom stereocenters. The summed E-state index contributed by atoms with van der Waals surface area (Å²) < 4.78 is 2.77. The Balaban J connectivity index is 2.20. The zero-order chi connectivity index (χ0) is 15.0. The highest BCUT2D eigenvalue weighted by atomic mass is 79.9. The van der Waals surface area contributed by atoms with Crippen LogP contribution in [-0.4, -0.2) is 20.2 Å². The van der Waals surface area contributed by atoms with Crippen LogP contribution in [0.25, 0.3) is 17.1 Å². The molecule has 0 amide bonds. The van der Waals surface area contributed by atoms with Crippen LogP contribution < -0.4 is 5.73 Å². The minimum atomic E-state index is 0.703. The molecule has 5 nitrogen and oxygen atoms in total. The van der Waals surface area contributed by atoms with E-state index in [0.717, 1.165) is 32.5 Å². The lowest BCUT2D eigenvalue weighted by Crippen LogP contribution is -2.03. The van der Waals surface area contributed by atoms with E-state index in [1.165, 1.54) is 0 Å². The largest absolute Gasteiger partial charge is 0.399 e. The van der Waals surface area contributed by atoms with Crippen molar-refractivity contribution in [2.24, 2.45) is 0 Å². The number of aromatic nitrogens is 4. The Bertz CT molecular complexity index is 810. The molecule has 0 fully saturated rings. The van der Waals surface area contributed by atoms with E-state index in [2.05, 4.69) is 31.5 Å². The number of halogens is 1. The quantitative estimate of drug-likeness (QED) is 0.725. The van der Waals surface area contributed by atoms with Crippen LogP contribution in [0.3, 0.4) is 0 Å². The number of rotatable bonds is 2. The molecule has 6 heteroatoms. The zero-order valence-electron chi connectivity index (χ0n) is 11.7. The third-order valence-corrected chi connectivity index (χ3v) is 4.29. The first-order valence-corrected chi connectivity index (χ1v) is 7.27. The number of nitrogens with two attached hydrogens (primary N) is 1. The van der Waals surface area contributed by atoms with Crippen molar-refractivity contribution in [3.63, 3.8) is 0 Å². The van der Waals surface area contributed by atoms with Crippen molar-refractivity contribution in [1.82, 2.24) is 20.2 Å². The molecule has 0 aliphatic heterocycles. The van der Waals surface area contributed by atoms with E-state index in [1.54, 1.807) is 4.68 Å². The number of anilines is 1. The Morgan fingerprint density at radius 3 is 2.71 bits per heavy atom. The van der Waals surface area contributed by atoms with Crippen molar-refractivity contribution in [2.75, 3.05) is 5.73 Å². The van der Waals surface area contributed by atoms with Crippen LogP contribution in [0.5, 0.6) is 0 Å². The third-order valence-electron chi connectivity index (χ3n) is 3.43. The second-order valence-corrected chi connectivity index (χ2v) is 5.73. The number of nitrogens with zero attached hydrogens (tertiary/aromatic N) is 4. The van der Waals surface area contributed by atoms with Gasteiger partial charge in [-0.25, -0.2) is 0 Å². The smallest absolute Gasteiger partial charge is 0.187 e. The van der Waals surface area contributed by atoms with Gasteiger partial charge in [0.05, 0.1) is 5.69 Å². The highest BCUT2D eigenvalue weighted by molar-refractivity contribution is 9.10. The minimum absolute atomic E-state index is 0.703. The molecular weight excluding hydrogens is 330 g/mol. The lowest BCUT2D eigenvalue weighted by Gasteiger charge is -2.10. The summed E-state index contributed by atoms with van der Waals surface area (Å²) in [4.78, 5) is 0. The van der Waals surface area contributed by atoms with Gasteiger partial charge in [-0.2, -0.15) is 4.68 Å². The van der Waals surface area contributed by atoms with E-state index in [1.807, 2.05) is 50.2 Å². The molecule has 3 rings (SSSR count). The second kappa shape index (κ2) is 5.29. The van der Waals surface area contributed by atoms with Crippen molar-refractivity contribution in [3.8, 4) is 17.1 Å². The predicted octanol–water partition coefficient (Wildman–Crippen LogP) is 3.29. The molecule has 106 valence electrons. The van der Waals surface area contributed by atoms with Crippen molar-refractivity contribution >= 4 is 21.6 Å². The van der Waals surface area contributed by atoms with Gasteiger partial charge in [-0.15, -0.1) is 5.10 Å². The predicted molar refractivity (Wildman–Crippen MR) is 86.2 cm³/mol. The average molecular weight is 344 g/mol. The number of benzene rings is 2. The van der Waals surface area contributed by atoms with Gasteiger partial charge in [0.15, 0.2) is 5.82 Å². The average Bonchev–Trinajstić information content (AvgIpc) is 2.91. The van der Waals surface area contributed by atoms with Gasteiger partial charge in [0, 0.05) is 15.7 Å². The number of hydrogen-bond acceptors (Lipinski definition) is 4. The Morgan fingerprint density at radius 2 is 1.95 bits per heavy atom. The summed E-state index contributed by atoms with van der Waals surface area (Å²) in [6, 6.07) is 11.7. The maximum Gasteiger partial charge on any atom is 0.187 e. The van der Waals surface area contributed by atoms with E-state index >= 15 is 0 Å². The van der Waals surface area contributed by atoms with Gasteiger partial charge in [-0.05, 0) is 65.7 Å². The summed E-state index contributed by atoms with van der Waals surface area (Å²) in [6.45, 7) is 4.03. The lowest BCUT2D eigenvalue weighted by molar-refractivity contribution is 0.787. The second-order valence-electron chi connectivity index (χ2n) is 4.87. The van der Waals surface area contributed by atoms with E-state index in [0.29, 0.717) is 5.82 Å². The number of tetrazole rings is 1. The van der Waals surface area contributed by atoms with Gasteiger partial charge in [0.25, 0.3) is 0 Å². The molecular formula is C15H14BrN5. The maximum absolute atomic E-state index is 5.81. The summed E-state index contributed by atoms with van der Waals surface area (Å²) in [7, 11) is 0. The van der Waals surface area contributed by atoms with E-state index in [9.17, 15) is 0 Å². The third kappa shape index (κ3) is 2.42. The van der Waals surface area contributed by atoms with Gasteiger partial charge >= 0.3 is 0 Å². The van der Waals surface area contributed by atoms with Gasteiger partial charge in [0.2, 0.25) is 0 Å². The van der Waals surface area contributed by atoms with Crippen molar-refractivity contribution in [1.29, 1.82) is 0 Å². The Labute approximate surface area is 130 Å². The molecule has 0 radical (unpaired) electrons. The van der Waals surface area contributed by atoms with Crippen molar-refractivity contribution in [2.45, 2.75) is 13.8 Å². The molecule has 1 heterocycles. The summed E-state index contributed by atoms with van der Waals surface area (Å²) in [5.74, 6) is 0.703. The Hall–Kier alpha value is -2.21. The van der Waals surface area contributed by atoms with Crippen LogP contribution in [0.4, 0.5) is 5.69 Å².